The number of ether oxygens (including phenoxy) is 1. The first kappa shape index (κ1) is 11.2. The molecule has 1 fully saturated rings. The van der Waals surface area contributed by atoms with Gasteiger partial charge in [-0.2, -0.15) is 0 Å². The molecule has 2 rings (SSSR count). The Balaban J connectivity index is 2.38. The predicted molar refractivity (Wildman–Crippen MR) is 69.3 cm³/mol. The highest BCUT2D eigenvalue weighted by molar-refractivity contribution is 14.1. The van der Waals surface area contributed by atoms with Crippen LogP contribution in [0.25, 0.3) is 0 Å². The van der Waals surface area contributed by atoms with E-state index >= 15 is 0 Å². The zero-order valence-electron chi connectivity index (χ0n) is 9.38. The van der Waals surface area contributed by atoms with Gasteiger partial charge in [-0.05, 0) is 46.9 Å². The number of halogens is 1. The van der Waals surface area contributed by atoms with Crippen LogP contribution < -0.4 is 4.74 Å². The summed E-state index contributed by atoms with van der Waals surface area (Å²) in [5, 5.41) is 0. The summed E-state index contributed by atoms with van der Waals surface area (Å²) >= 11 is 2.25. The Morgan fingerprint density at radius 3 is 2.60 bits per heavy atom. The van der Waals surface area contributed by atoms with Crippen molar-refractivity contribution in [3.8, 4) is 5.75 Å². The van der Waals surface area contributed by atoms with Crippen LogP contribution in [0.3, 0.4) is 0 Å². The van der Waals surface area contributed by atoms with E-state index in [0.717, 1.165) is 9.45 Å². The summed E-state index contributed by atoms with van der Waals surface area (Å²) in [6, 6.07) is 2.07. The summed E-state index contributed by atoms with van der Waals surface area (Å²) in [7, 11) is 0. The van der Waals surface area contributed by atoms with E-state index in [-0.39, 0.29) is 5.41 Å². The average molecular weight is 317 g/mol. The number of aromatic nitrogens is 1. The van der Waals surface area contributed by atoms with Crippen LogP contribution in [0.4, 0.5) is 0 Å². The second-order valence-corrected chi connectivity index (χ2v) is 6.07. The van der Waals surface area contributed by atoms with Gasteiger partial charge < -0.3 is 4.74 Å². The summed E-state index contributed by atoms with van der Waals surface area (Å²) in [6.45, 7) is 6.62. The van der Waals surface area contributed by atoms with Crippen LogP contribution in [0, 0.1) is 3.70 Å². The number of pyridine rings is 1. The number of nitrogens with zero attached hydrogens (tertiary/aromatic N) is 1. The molecule has 15 heavy (non-hydrogen) atoms. The molecule has 82 valence electrons. The molecule has 0 aromatic carbocycles. The fourth-order valence-corrected chi connectivity index (χ4v) is 2.06. The summed E-state index contributed by atoms with van der Waals surface area (Å²) < 4.78 is 6.92. The van der Waals surface area contributed by atoms with E-state index in [9.17, 15) is 0 Å². The minimum Gasteiger partial charge on any atom is -0.487 e. The van der Waals surface area contributed by atoms with Gasteiger partial charge in [0.15, 0.2) is 5.75 Å². The van der Waals surface area contributed by atoms with Gasteiger partial charge in [0, 0.05) is 11.8 Å². The standard InChI is InChI=1S/C12H16INO/c1-12(2,3)9-6-7-14-11(13)10(9)15-8-4-5-8/h6-8H,4-5H2,1-3H3. The van der Waals surface area contributed by atoms with Crippen LogP contribution in [-0.4, -0.2) is 11.1 Å². The fourth-order valence-electron chi connectivity index (χ4n) is 1.48. The van der Waals surface area contributed by atoms with E-state index in [2.05, 4.69) is 54.4 Å². The van der Waals surface area contributed by atoms with Crippen molar-refractivity contribution in [3.63, 3.8) is 0 Å². The summed E-state index contributed by atoms with van der Waals surface area (Å²) in [4.78, 5) is 4.30. The van der Waals surface area contributed by atoms with Crippen molar-refractivity contribution in [2.24, 2.45) is 0 Å². The molecular weight excluding hydrogens is 301 g/mol. The Morgan fingerprint density at radius 1 is 1.40 bits per heavy atom. The molecule has 0 saturated heterocycles. The van der Waals surface area contributed by atoms with Crippen LogP contribution >= 0.6 is 22.6 Å². The Labute approximate surface area is 105 Å². The Bertz CT molecular complexity index is 366. The zero-order valence-corrected chi connectivity index (χ0v) is 11.5. The monoisotopic (exact) mass is 317 g/mol. The van der Waals surface area contributed by atoms with Gasteiger partial charge in [-0.3, -0.25) is 0 Å². The molecule has 0 unspecified atom stereocenters. The molecule has 0 N–H and O–H groups in total. The maximum absolute atomic E-state index is 5.94. The normalized spacial score (nSPS) is 16.5. The summed E-state index contributed by atoms with van der Waals surface area (Å²) in [6.07, 6.45) is 4.68. The Morgan fingerprint density at radius 2 is 2.07 bits per heavy atom. The lowest BCUT2D eigenvalue weighted by atomic mass is 9.87. The van der Waals surface area contributed by atoms with E-state index in [1.807, 2.05) is 6.20 Å². The molecule has 0 amide bonds. The molecule has 2 nitrogen and oxygen atoms in total. The predicted octanol–water partition coefficient (Wildman–Crippen LogP) is 3.52. The van der Waals surface area contributed by atoms with Gasteiger partial charge >= 0.3 is 0 Å². The highest BCUT2D eigenvalue weighted by Gasteiger charge is 2.28. The minimum atomic E-state index is 0.118. The highest BCUT2D eigenvalue weighted by Crippen LogP contribution is 2.37. The third kappa shape index (κ3) is 2.62. The van der Waals surface area contributed by atoms with E-state index in [4.69, 9.17) is 4.74 Å². The smallest absolute Gasteiger partial charge is 0.155 e. The highest BCUT2D eigenvalue weighted by atomic mass is 127. The topological polar surface area (TPSA) is 22.1 Å². The molecular formula is C12H16INO. The molecule has 0 spiro atoms. The SMILES string of the molecule is CC(C)(C)c1ccnc(I)c1OC1CC1. The first-order valence-corrected chi connectivity index (χ1v) is 6.38. The van der Waals surface area contributed by atoms with Crippen LogP contribution in [0.2, 0.25) is 0 Å². The van der Waals surface area contributed by atoms with Gasteiger partial charge in [-0.1, -0.05) is 20.8 Å². The Kier molecular flexibility index (Phi) is 2.92. The molecule has 0 atom stereocenters. The van der Waals surface area contributed by atoms with Gasteiger partial charge in [0.1, 0.15) is 3.70 Å². The second-order valence-electron chi connectivity index (χ2n) is 5.05. The lowest BCUT2D eigenvalue weighted by molar-refractivity contribution is 0.291. The van der Waals surface area contributed by atoms with Gasteiger partial charge in [0.2, 0.25) is 0 Å². The van der Waals surface area contributed by atoms with Gasteiger partial charge in [-0.25, -0.2) is 4.98 Å². The summed E-state index contributed by atoms with van der Waals surface area (Å²) in [5.74, 6) is 0.994. The molecule has 1 aromatic heterocycles. The number of hydrogen-bond donors (Lipinski definition) is 0. The third-order valence-corrected chi connectivity index (χ3v) is 3.25. The molecule has 1 aliphatic rings. The molecule has 1 aliphatic carbocycles. The Hall–Kier alpha value is -0.320. The lowest BCUT2D eigenvalue weighted by Gasteiger charge is -2.23. The molecule has 0 aliphatic heterocycles. The molecule has 1 heterocycles. The van der Waals surface area contributed by atoms with E-state index in [0.29, 0.717) is 6.10 Å². The van der Waals surface area contributed by atoms with Crippen molar-refractivity contribution < 1.29 is 4.74 Å². The van der Waals surface area contributed by atoms with Crippen LogP contribution in [0.15, 0.2) is 12.3 Å². The maximum Gasteiger partial charge on any atom is 0.155 e. The second kappa shape index (κ2) is 3.92. The number of rotatable bonds is 2. The van der Waals surface area contributed by atoms with Gasteiger partial charge in [0.05, 0.1) is 6.10 Å². The zero-order chi connectivity index (χ0) is 11.1. The quantitative estimate of drug-likeness (QED) is 0.615. The first-order chi connectivity index (χ1) is 6.98. The van der Waals surface area contributed by atoms with Crippen molar-refractivity contribution in [2.75, 3.05) is 0 Å². The van der Waals surface area contributed by atoms with Crippen molar-refractivity contribution in [1.29, 1.82) is 0 Å². The van der Waals surface area contributed by atoms with Crippen LogP contribution in [0.5, 0.6) is 5.75 Å². The molecule has 0 bridgehead atoms. The summed E-state index contributed by atoms with van der Waals surface area (Å²) in [5.41, 5.74) is 1.38. The van der Waals surface area contributed by atoms with Crippen molar-refractivity contribution >= 4 is 22.6 Å². The van der Waals surface area contributed by atoms with Crippen molar-refractivity contribution in [2.45, 2.75) is 45.1 Å². The molecule has 0 radical (unpaired) electrons. The third-order valence-electron chi connectivity index (χ3n) is 2.48. The molecule has 1 saturated carbocycles. The van der Waals surface area contributed by atoms with E-state index in [1.54, 1.807) is 0 Å². The van der Waals surface area contributed by atoms with Gasteiger partial charge in [-0.15, -0.1) is 0 Å². The fraction of sp³-hybridized carbons (Fsp3) is 0.583. The van der Waals surface area contributed by atoms with Gasteiger partial charge in [0.25, 0.3) is 0 Å². The largest absolute Gasteiger partial charge is 0.487 e. The molecule has 3 heteroatoms. The van der Waals surface area contributed by atoms with Crippen molar-refractivity contribution in [3.05, 3.63) is 21.5 Å². The van der Waals surface area contributed by atoms with Crippen LogP contribution in [0.1, 0.15) is 39.2 Å². The number of hydrogen-bond acceptors (Lipinski definition) is 2. The first-order valence-electron chi connectivity index (χ1n) is 5.30. The van der Waals surface area contributed by atoms with E-state index < -0.39 is 0 Å². The van der Waals surface area contributed by atoms with Crippen LogP contribution in [-0.2, 0) is 5.41 Å². The van der Waals surface area contributed by atoms with Crippen molar-refractivity contribution in [1.82, 2.24) is 4.98 Å². The maximum atomic E-state index is 5.94. The minimum absolute atomic E-state index is 0.118. The lowest BCUT2D eigenvalue weighted by Crippen LogP contribution is -2.15. The average Bonchev–Trinajstić information content (AvgIpc) is 2.90. The van der Waals surface area contributed by atoms with E-state index in [1.165, 1.54) is 18.4 Å². The molecule has 1 aromatic rings.